The summed E-state index contributed by atoms with van der Waals surface area (Å²) in [6.45, 7) is 0. The molecular weight excluding hydrogens is 711 g/mol. The summed E-state index contributed by atoms with van der Waals surface area (Å²) in [4.78, 5) is 2.43. The Morgan fingerprint density at radius 2 is 0.492 bits per heavy atom. The second-order valence-electron chi connectivity index (χ2n) is 15.4. The monoisotopic (exact) mass is 749 g/mol. The Kier molecular flexibility index (Phi) is 8.56. The van der Waals surface area contributed by atoms with Gasteiger partial charge in [-0.3, -0.25) is 0 Å². The Labute approximate surface area is 344 Å². The van der Waals surface area contributed by atoms with Gasteiger partial charge in [0.15, 0.2) is 0 Å². The third kappa shape index (κ3) is 6.59. The first-order valence-corrected chi connectivity index (χ1v) is 20.3. The molecule has 0 fully saturated rings. The van der Waals surface area contributed by atoms with Gasteiger partial charge in [-0.2, -0.15) is 0 Å². The Bertz CT molecular complexity index is 3200. The molecule has 0 saturated carbocycles. The van der Waals surface area contributed by atoms with Gasteiger partial charge in [0, 0.05) is 16.9 Å². The van der Waals surface area contributed by atoms with Gasteiger partial charge >= 0.3 is 0 Å². The van der Waals surface area contributed by atoms with Gasteiger partial charge in [-0.05, 0) is 137 Å². The van der Waals surface area contributed by atoms with Gasteiger partial charge < -0.3 is 4.90 Å². The number of nitrogens with zero attached hydrogens (tertiary/aromatic N) is 1. The van der Waals surface area contributed by atoms with E-state index in [1.165, 1.54) is 82.0 Å². The van der Waals surface area contributed by atoms with Crippen LogP contribution in [0.5, 0.6) is 0 Å². The van der Waals surface area contributed by atoms with E-state index in [2.05, 4.69) is 241 Å². The van der Waals surface area contributed by atoms with Crippen LogP contribution in [-0.2, 0) is 0 Å². The highest BCUT2D eigenvalue weighted by Gasteiger charge is 2.20. The molecule has 59 heavy (non-hydrogen) atoms. The van der Waals surface area contributed by atoms with E-state index in [9.17, 15) is 0 Å². The molecule has 0 heterocycles. The van der Waals surface area contributed by atoms with E-state index in [0.29, 0.717) is 0 Å². The highest BCUT2D eigenvalue weighted by Crippen LogP contribution is 2.44. The number of fused-ring (bicyclic) bond motifs is 4. The van der Waals surface area contributed by atoms with Gasteiger partial charge in [-0.1, -0.05) is 182 Å². The van der Waals surface area contributed by atoms with Crippen LogP contribution in [0.2, 0.25) is 0 Å². The lowest BCUT2D eigenvalue weighted by atomic mass is 9.94. The average molecular weight is 750 g/mol. The molecule has 0 aromatic heterocycles. The van der Waals surface area contributed by atoms with E-state index < -0.39 is 0 Å². The fourth-order valence-corrected chi connectivity index (χ4v) is 8.64. The largest absolute Gasteiger partial charge is 0.310 e. The van der Waals surface area contributed by atoms with E-state index in [-0.39, 0.29) is 0 Å². The van der Waals surface area contributed by atoms with Crippen molar-refractivity contribution in [3.8, 4) is 44.5 Å². The smallest absolute Gasteiger partial charge is 0.0546 e. The highest BCUT2D eigenvalue weighted by atomic mass is 15.1. The Balaban J connectivity index is 1.09. The maximum atomic E-state index is 2.43. The van der Waals surface area contributed by atoms with Crippen LogP contribution in [0.4, 0.5) is 17.1 Å². The lowest BCUT2D eigenvalue weighted by molar-refractivity contribution is 1.28. The molecule has 0 radical (unpaired) electrons. The zero-order valence-corrected chi connectivity index (χ0v) is 32.5. The normalized spacial score (nSPS) is 11.4. The maximum Gasteiger partial charge on any atom is 0.0546 e. The summed E-state index contributed by atoms with van der Waals surface area (Å²) in [5, 5.41) is 9.91. The minimum absolute atomic E-state index is 1.09. The van der Waals surface area contributed by atoms with Crippen LogP contribution in [0.25, 0.3) is 87.6 Å². The zero-order valence-electron chi connectivity index (χ0n) is 32.5. The molecule has 0 spiro atoms. The number of rotatable bonds is 7. The van der Waals surface area contributed by atoms with Gasteiger partial charge in [-0.25, -0.2) is 0 Å². The van der Waals surface area contributed by atoms with Crippen molar-refractivity contribution in [2.24, 2.45) is 0 Å². The summed E-state index contributed by atoms with van der Waals surface area (Å²) < 4.78 is 0. The molecule has 0 atom stereocenters. The summed E-state index contributed by atoms with van der Waals surface area (Å²) in [6.07, 6.45) is 0. The van der Waals surface area contributed by atoms with E-state index in [1.54, 1.807) is 0 Å². The molecule has 11 rings (SSSR count). The predicted octanol–water partition coefficient (Wildman–Crippen LogP) is 16.4. The summed E-state index contributed by atoms with van der Waals surface area (Å²) in [5.74, 6) is 0. The molecule has 0 aliphatic rings. The van der Waals surface area contributed by atoms with E-state index >= 15 is 0 Å². The van der Waals surface area contributed by atoms with Crippen molar-refractivity contribution in [2.75, 3.05) is 4.90 Å². The van der Waals surface area contributed by atoms with Crippen LogP contribution >= 0.6 is 0 Å². The van der Waals surface area contributed by atoms with Gasteiger partial charge in [0.05, 0.1) is 5.69 Å². The first kappa shape index (κ1) is 34.5. The molecule has 11 aromatic rings. The zero-order chi connectivity index (χ0) is 39.1. The van der Waals surface area contributed by atoms with E-state index in [1.807, 2.05) is 0 Å². The minimum Gasteiger partial charge on any atom is -0.310 e. The van der Waals surface area contributed by atoms with Crippen molar-refractivity contribution in [3.05, 3.63) is 237 Å². The highest BCUT2D eigenvalue weighted by molar-refractivity contribution is 5.97. The number of anilines is 3. The summed E-state index contributed by atoms with van der Waals surface area (Å²) >= 11 is 0. The van der Waals surface area contributed by atoms with Crippen LogP contribution in [0.1, 0.15) is 0 Å². The quantitative estimate of drug-likeness (QED) is 0.157. The van der Waals surface area contributed by atoms with Crippen molar-refractivity contribution < 1.29 is 0 Å². The molecule has 0 unspecified atom stereocenters. The topological polar surface area (TPSA) is 3.24 Å². The van der Waals surface area contributed by atoms with Gasteiger partial charge in [0.1, 0.15) is 0 Å². The number of hydrogen-bond donors (Lipinski definition) is 0. The molecule has 0 aliphatic carbocycles. The molecular formula is C58H39N. The molecule has 0 aliphatic heterocycles. The molecule has 11 aromatic carbocycles. The molecule has 276 valence electrons. The first-order chi connectivity index (χ1) is 29.2. The van der Waals surface area contributed by atoms with Gasteiger partial charge in [0.2, 0.25) is 0 Å². The van der Waals surface area contributed by atoms with Crippen LogP contribution in [0, 0.1) is 0 Å². The Morgan fingerprint density at radius 1 is 0.203 bits per heavy atom. The number of benzene rings is 11. The van der Waals surface area contributed by atoms with Gasteiger partial charge in [-0.15, -0.1) is 0 Å². The minimum atomic E-state index is 1.09. The lowest BCUT2D eigenvalue weighted by Gasteiger charge is -2.29. The van der Waals surface area contributed by atoms with Crippen molar-refractivity contribution in [2.45, 2.75) is 0 Å². The first-order valence-electron chi connectivity index (χ1n) is 20.3. The Morgan fingerprint density at radius 3 is 0.898 bits per heavy atom. The molecule has 0 saturated heterocycles. The van der Waals surface area contributed by atoms with E-state index in [0.717, 1.165) is 22.6 Å². The fraction of sp³-hybridized carbons (Fsp3) is 0. The summed E-state index contributed by atoms with van der Waals surface area (Å²) in [6, 6.07) is 86.6. The number of hydrogen-bond acceptors (Lipinski definition) is 1. The molecule has 0 N–H and O–H groups in total. The van der Waals surface area contributed by atoms with Crippen molar-refractivity contribution in [3.63, 3.8) is 0 Å². The van der Waals surface area contributed by atoms with Crippen molar-refractivity contribution in [1.29, 1.82) is 0 Å². The lowest BCUT2D eigenvalue weighted by Crippen LogP contribution is -2.11. The molecule has 0 bridgehead atoms. The maximum absolute atomic E-state index is 2.43. The van der Waals surface area contributed by atoms with Crippen LogP contribution < -0.4 is 4.90 Å². The SMILES string of the molecule is c1ccc2cc(-c3ccc(N(c4ccc(-c5ccc6ccccc6c5)cc4)c4cc(-c5ccc6ccccc6c5)ccc4-c4ccc5ccccc5c4)cc3)ccc2c1. The van der Waals surface area contributed by atoms with Crippen LogP contribution in [-0.4, -0.2) is 0 Å². The molecule has 1 heteroatoms. The third-order valence-corrected chi connectivity index (χ3v) is 11.8. The fourth-order valence-electron chi connectivity index (χ4n) is 8.64. The van der Waals surface area contributed by atoms with Crippen molar-refractivity contribution in [1.82, 2.24) is 0 Å². The Hall–Kier alpha value is -7.74. The molecule has 1 nitrogen and oxygen atoms in total. The van der Waals surface area contributed by atoms with Crippen LogP contribution in [0.15, 0.2) is 237 Å². The summed E-state index contributed by atoms with van der Waals surface area (Å²) in [7, 11) is 0. The van der Waals surface area contributed by atoms with Crippen LogP contribution in [0.3, 0.4) is 0 Å². The second-order valence-corrected chi connectivity index (χ2v) is 15.4. The van der Waals surface area contributed by atoms with Crippen molar-refractivity contribution >= 4 is 60.2 Å². The summed E-state index contributed by atoms with van der Waals surface area (Å²) in [5.41, 5.74) is 12.8. The second kappa shape index (κ2) is 14.6. The predicted molar refractivity (Wildman–Crippen MR) is 253 cm³/mol. The van der Waals surface area contributed by atoms with Gasteiger partial charge in [0.25, 0.3) is 0 Å². The standard InChI is InChI=1S/C58H39N/c1-5-13-46-35-50(21-17-40(46)9-1)44-25-30-55(31-26-44)59(56-32-27-45(28-33-56)51-22-18-41-10-2-6-14-47(41)36-51)58-39-53(52-23-19-42-11-3-7-15-48(42)37-52)29-34-57(58)54-24-20-43-12-4-8-16-49(43)38-54/h1-39H. The third-order valence-electron chi connectivity index (χ3n) is 11.8. The average Bonchev–Trinajstić information content (AvgIpc) is 3.31. The molecule has 0 amide bonds. The van der Waals surface area contributed by atoms with E-state index in [4.69, 9.17) is 0 Å².